The SMILES string of the molecule is CC.[B]N1CCN(C(=C)CN2CCN(CCCC(C)C)CC2)CC1. The van der Waals surface area contributed by atoms with Crippen LogP contribution in [-0.4, -0.2) is 92.9 Å². The Kier molecular flexibility index (Phi) is 10.7. The van der Waals surface area contributed by atoms with Gasteiger partial charge >= 0.3 is 0 Å². The molecule has 0 atom stereocenters. The van der Waals surface area contributed by atoms with Crippen LogP contribution >= 0.6 is 0 Å². The van der Waals surface area contributed by atoms with E-state index in [1.54, 1.807) is 0 Å². The number of piperazine rings is 2. The summed E-state index contributed by atoms with van der Waals surface area (Å²) in [5.74, 6) is 0.832. The minimum absolute atomic E-state index is 0.832. The van der Waals surface area contributed by atoms with Gasteiger partial charge in [0.05, 0.1) is 0 Å². The molecule has 0 N–H and O–H groups in total. The van der Waals surface area contributed by atoms with Crippen LogP contribution in [0.25, 0.3) is 0 Å². The zero-order valence-corrected chi connectivity index (χ0v) is 16.6. The van der Waals surface area contributed by atoms with E-state index in [0.29, 0.717) is 0 Å². The highest BCUT2D eigenvalue weighted by molar-refractivity contribution is 6.04. The van der Waals surface area contributed by atoms with Crippen molar-refractivity contribution < 1.29 is 0 Å². The van der Waals surface area contributed by atoms with E-state index in [9.17, 15) is 0 Å². The van der Waals surface area contributed by atoms with E-state index in [1.165, 1.54) is 51.3 Å². The van der Waals surface area contributed by atoms with Crippen LogP contribution in [0.5, 0.6) is 0 Å². The quantitative estimate of drug-likeness (QED) is 0.662. The lowest BCUT2D eigenvalue weighted by molar-refractivity contribution is 0.126. The topological polar surface area (TPSA) is 13.0 Å². The minimum atomic E-state index is 0.832. The second kappa shape index (κ2) is 11.9. The molecule has 0 amide bonds. The first-order valence-corrected chi connectivity index (χ1v) is 9.91. The van der Waals surface area contributed by atoms with Gasteiger partial charge in [-0.25, -0.2) is 0 Å². The summed E-state index contributed by atoms with van der Waals surface area (Å²) in [4.78, 5) is 9.48. The largest absolute Gasteiger partial charge is 0.372 e. The third kappa shape index (κ3) is 8.04. The lowest BCUT2D eigenvalue weighted by Crippen LogP contribution is -2.50. The van der Waals surface area contributed by atoms with Crippen LogP contribution in [0.15, 0.2) is 12.3 Å². The van der Waals surface area contributed by atoms with Crippen LogP contribution < -0.4 is 0 Å². The zero-order valence-electron chi connectivity index (χ0n) is 16.6. The van der Waals surface area contributed by atoms with Crippen LogP contribution in [0.2, 0.25) is 0 Å². The molecule has 0 aromatic rings. The monoisotopic (exact) mass is 334 g/mol. The summed E-state index contributed by atoms with van der Waals surface area (Å²) in [5.41, 5.74) is 1.27. The Labute approximate surface area is 152 Å². The minimum Gasteiger partial charge on any atom is -0.372 e. The van der Waals surface area contributed by atoms with Gasteiger partial charge in [-0.15, -0.1) is 0 Å². The van der Waals surface area contributed by atoms with Crippen molar-refractivity contribution in [3.63, 3.8) is 0 Å². The van der Waals surface area contributed by atoms with Crippen LogP contribution in [0, 0.1) is 5.92 Å². The highest BCUT2D eigenvalue weighted by Crippen LogP contribution is 2.11. The highest BCUT2D eigenvalue weighted by Gasteiger charge is 2.20. The maximum absolute atomic E-state index is 5.82. The van der Waals surface area contributed by atoms with Gasteiger partial charge in [0, 0.05) is 64.6 Å². The van der Waals surface area contributed by atoms with Crippen LogP contribution in [0.4, 0.5) is 0 Å². The summed E-state index contributed by atoms with van der Waals surface area (Å²) in [6, 6.07) is 0. The molecule has 0 bridgehead atoms. The van der Waals surface area contributed by atoms with Crippen LogP contribution in [-0.2, 0) is 0 Å². The van der Waals surface area contributed by atoms with E-state index in [0.717, 1.165) is 38.6 Å². The average Bonchev–Trinajstić information content (AvgIpc) is 2.58. The van der Waals surface area contributed by atoms with Crippen molar-refractivity contribution in [1.82, 2.24) is 19.5 Å². The normalized spacial score (nSPS) is 20.8. The van der Waals surface area contributed by atoms with E-state index in [2.05, 4.69) is 35.1 Å². The summed E-state index contributed by atoms with van der Waals surface area (Å²) in [5, 5.41) is 0. The van der Waals surface area contributed by atoms with Gasteiger partial charge in [0.25, 0.3) is 0 Å². The van der Waals surface area contributed by atoms with Crippen LogP contribution in [0.1, 0.15) is 40.5 Å². The van der Waals surface area contributed by atoms with Gasteiger partial charge in [-0.3, -0.25) is 4.90 Å². The Balaban J connectivity index is 0.00000139. The molecule has 2 radical (unpaired) electrons. The first-order chi connectivity index (χ1) is 11.5. The fourth-order valence-corrected chi connectivity index (χ4v) is 3.29. The number of hydrogen-bond donors (Lipinski definition) is 0. The number of rotatable bonds is 7. The van der Waals surface area contributed by atoms with Crippen LogP contribution in [0.3, 0.4) is 0 Å². The maximum atomic E-state index is 5.82. The molecule has 2 fully saturated rings. The van der Waals surface area contributed by atoms with Crippen molar-refractivity contribution in [3.05, 3.63) is 12.3 Å². The van der Waals surface area contributed by atoms with Crippen molar-refractivity contribution in [2.24, 2.45) is 5.92 Å². The van der Waals surface area contributed by atoms with Gasteiger partial charge in [0.2, 0.25) is 0 Å². The van der Waals surface area contributed by atoms with E-state index in [-0.39, 0.29) is 0 Å². The molecule has 0 unspecified atom stereocenters. The molecule has 0 aromatic heterocycles. The predicted octanol–water partition coefficient (Wildman–Crippen LogP) is 2.28. The standard InChI is InChI=1S/C17H33BN4.C2H6/c1-16(2)5-4-6-19-7-9-20(10-8-19)15-17(3)21-11-13-22(18)14-12-21;1-2/h16H,3-15H2,1-2H3;1-2H3. The van der Waals surface area contributed by atoms with Gasteiger partial charge in [-0.1, -0.05) is 34.3 Å². The summed E-state index contributed by atoms with van der Waals surface area (Å²) in [6.07, 6.45) is 2.69. The zero-order chi connectivity index (χ0) is 17.9. The lowest BCUT2D eigenvalue weighted by atomic mass is 10.1. The number of hydrogen-bond acceptors (Lipinski definition) is 4. The molecule has 138 valence electrons. The highest BCUT2D eigenvalue weighted by atomic mass is 15.3. The van der Waals surface area contributed by atoms with E-state index >= 15 is 0 Å². The molecule has 0 saturated carbocycles. The molecule has 24 heavy (non-hydrogen) atoms. The molecule has 2 rings (SSSR count). The molecular formula is C19H39BN4. The van der Waals surface area contributed by atoms with Gasteiger partial charge in [-0.2, -0.15) is 0 Å². The fourth-order valence-electron chi connectivity index (χ4n) is 3.29. The van der Waals surface area contributed by atoms with Crippen molar-refractivity contribution >= 4 is 7.98 Å². The van der Waals surface area contributed by atoms with Gasteiger partial charge in [-0.05, 0) is 25.3 Å². The first kappa shape index (κ1) is 21.5. The predicted molar refractivity (Wildman–Crippen MR) is 106 cm³/mol. The Hall–Kier alpha value is -0.515. The maximum Gasteiger partial charge on any atom is 0.182 e. The molecule has 0 aliphatic carbocycles. The van der Waals surface area contributed by atoms with E-state index < -0.39 is 0 Å². The lowest BCUT2D eigenvalue weighted by Gasteiger charge is -2.39. The molecule has 5 heteroatoms. The fraction of sp³-hybridized carbons (Fsp3) is 0.895. The third-order valence-electron chi connectivity index (χ3n) is 4.89. The third-order valence-corrected chi connectivity index (χ3v) is 4.89. The van der Waals surface area contributed by atoms with Gasteiger partial charge in [0.15, 0.2) is 7.98 Å². The van der Waals surface area contributed by atoms with Gasteiger partial charge in [0.1, 0.15) is 0 Å². The summed E-state index contributed by atoms with van der Waals surface area (Å²) >= 11 is 0. The average molecular weight is 334 g/mol. The van der Waals surface area contributed by atoms with Crippen molar-refractivity contribution in [2.45, 2.75) is 40.5 Å². The molecule has 2 saturated heterocycles. The smallest absolute Gasteiger partial charge is 0.182 e. The van der Waals surface area contributed by atoms with Crippen molar-refractivity contribution in [2.75, 3.05) is 65.4 Å². The second-order valence-electron chi connectivity index (χ2n) is 7.24. The Morgan fingerprint density at radius 3 is 2.00 bits per heavy atom. The second-order valence-corrected chi connectivity index (χ2v) is 7.24. The Morgan fingerprint density at radius 2 is 1.46 bits per heavy atom. The van der Waals surface area contributed by atoms with E-state index in [4.69, 9.17) is 7.98 Å². The summed E-state index contributed by atoms with van der Waals surface area (Å²) < 4.78 is 0. The molecule has 0 aromatic carbocycles. The Morgan fingerprint density at radius 1 is 0.917 bits per heavy atom. The van der Waals surface area contributed by atoms with E-state index in [1.807, 2.05) is 18.7 Å². The van der Waals surface area contributed by atoms with Crippen molar-refractivity contribution in [3.8, 4) is 0 Å². The molecule has 2 aliphatic rings. The first-order valence-electron chi connectivity index (χ1n) is 9.91. The molecule has 4 nitrogen and oxygen atoms in total. The van der Waals surface area contributed by atoms with Crippen molar-refractivity contribution in [1.29, 1.82) is 0 Å². The summed E-state index contributed by atoms with van der Waals surface area (Å²) in [6.45, 7) is 23.9. The van der Waals surface area contributed by atoms with Gasteiger partial charge < -0.3 is 14.6 Å². The molecule has 2 heterocycles. The molecule has 2 aliphatic heterocycles. The Bertz CT molecular complexity index is 332. The molecular weight excluding hydrogens is 295 g/mol. The molecule has 0 spiro atoms. The number of nitrogens with zero attached hydrogens (tertiary/aromatic N) is 4. The summed E-state index contributed by atoms with van der Waals surface area (Å²) in [7, 11) is 5.82.